The van der Waals surface area contributed by atoms with Crippen LogP contribution in [0.4, 0.5) is 4.39 Å². The van der Waals surface area contributed by atoms with Gasteiger partial charge in [-0.25, -0.2) is 9.18 Å². The van der Waals surface area contributed by atoms with Crippen molar-refractivity contribution >= 4 is 5.97 Å². The lowest BCUT2D eigenvalue weighted by atomic mass is 9.86. The van der Waals surface area contributed by atoms with Gasteiger partial charge in [0.2, 0.25) is 0 Å². The summed E-state index contributed by atoms with van der Waals surface area (Å²) < 4.78 is 32.7. The van der Waals surface area contributed by atoms with Crippen LogP contribution in [-0.2, 0) is 16.0 Å². The van der Waals surface area contributed by atoms with Crippen LogP contribution in [0, 0.1) is 5.82 Å². The Bertz CT molecular complexity index is 1300. The number of hydrogen-bond donors (Lipinski definition) is 1. The molecule has 1 aromatic heterocycles. The molecule has 1 aliphatic heterocycles. The fourth-order valence-electron chi connectivity index (χ4n) is 4.42. The van der Waals surface area contributed by atoms with E-state index in [1.807, 2.05) is 26.0 Å². The first-order chi connectivity index (χ1) is 17.3. The van der Waals surface area contributed by atoms with Crippen LogP contribution in [0.1, 0.15) is 42.1 Å². The fourth-order valence-corrected chi connectivity index (χ4v) is 4.42. The van der Waals surface area contributed by atoms with Gasteiger partial charge in [0.1, 0.15) is 17.1 Å². The lowest BCUT2D eigenvalue weighted by molar-refractivity contribution is 0.0636. The Morgan fingerprint density at radius 1 is 1.14 bits per heavy atom. The summed E-state index contributed by atoms with van der Waals surface area (Å²) in [5, 5.41) is 9.48. The standard InChI is InChI=1S/C28H30FNO6/c1-17(2)36-16-19-14-30-15-24(28(32)33)26(31)13-25(30)23-11-22(18-5-7-20(29)8-6-18)27(12-21(19)23)35-10-4-9-34-3/h5-8,11-13,15,17,19H,4,9-10,14,16H2,1-3H3,(H,32,33)/t19-/m1/s1. The van der Waals surface area contributed by atoms with Gasteiger partial charge in [-0.05, 0) is 49.2 Å². The molecule has 0 radical (unpaired) electrons. The number of methoxy groups -OCH3 is 1. The van der Waals surface area contributed by atoms with Crippen molar-refractivity contribution in [3.63, 3.8) is 0 Å². The molecule has 0 spiro atoms. The van der Waals surface area contributed by atoms with Crippen LogP contribution >= 0.6 is 0 Å². The molecular weight excluding hydrogens is 465 g/mol. The second-order valence-corrected chi connectivity index (χ2v) is 9.11. The zero-order chi connectivity index (χ0) is 25.8. The number of ether oxygens (including phenoxy) is 3. The molecule has 190 valence electrons. The van der Waals surface area contributed by atoms with E-state index in [1.54, 1.807) is 23.8 Å². The second-order valence-electron chi connectivity index (χ2n) is 9.11. The topological polar surface area (TPSA) is 87.0 Å². The third-order valence-electron chi connectivity index (χ3n) is 6.18. The maximum Gasteiger partial charge on any atom is 0.341 e. The summed E-state index contributed by atoms with van der Waals surface area (Å²) in [5.74, 6) is -1.06. The van der Waals surface area contributed by atoms with Crippen molar-refractivity contribution in [2.24, 2.45) is 0 Å². The van der Waals surface area contributed by atoms with Crippen molar-refractivity contribution in [1.29, 1.82) is 0 Å². The first kappa shape index (κ1) is 25.6. The Labute approximate surface area is 209 Å². The SMILES string of the molecule is COCCCOc1cc2c(cc1-c1ccc(F)cc1)-c1cc(=O)c(C(=O)O)cn1C[C@@H]2COC(C)C. The molecule has 7 nitrogen and oxygen atoms in total. The van der Waals surface area contributed by atoms with Crippen molar-refractivity contribution in [3.05, 3.63) is 75.8 Å². The Kier molecular flexibility index (Phi) is 7.86. The molecule has 0 saturated heterocycles. The molecule has 0 aliphatic carbocycles. The van der Waals surface area contributed by atoms with Crippen molar-refractivity contribution in [1.82, 2.24) is 4.57 Å². The lowest BCUT2D eigenvalue weighted by Gasteiger charge is -2.31. The normalized spacial score (nSPS) is 14.4. The Morgan fingerprint density at radius 3 is 2.56 bits per heavy atom. The number of aromatic carboxylic acids is 1. The highest BCUT2D eigenvalue weighted by Crippen LogP contribution is 2.43. The zero-order valence-electron chi connectivity index (χ0n) is 20.6. The average Bonchev–Trinajstić information content (AvgIpc) is 2.85. The summed E-state index contributed by atoms with van der Waals surface area (Å²) in [7, 11) is 1.64. The number of aromatic nitrogens is 1. The van der Waals surface area contributed by atoms with Crippen molar-refractivity contribution < 1.29 is 28.5 Å². The van der Waals surface area contributed by atoms with Gasteiger partial charge in [-0.3, -0.25) is 4.79 Å². The predicted molar refractivity (Wildman–Crippen MR) is 134 cm³/mol. The molecule has 0 unspecified atom stereocenters. The first-order valence-electron chi connectivity index (χ1n) is 11.9. The molecule has 2 heterocycles. The molecule has 3 aromatic rings. The summed E-state index contributed by atoms with van der Waals surface area (Å²) in [6.45, 7) is 5.78. The monoisotopic (exact) mass is 495 g/mol. The second kappa shape index (κ2) is 11.1. The van der Waals surface area contributed by atoms with Gasteiger partial charge in [0.25, 0.3) is 0 Å². The summed E-state index contributed by atoms with van der Waals surface area (Å²) in [6.07, 6.45) is 2.12. The molecular formula is C28H30FNO6. The summed E-state index contributed by atoms with van der Waals surface area (Å²) >= 11 is 0. The smallest absolute Gasteiger partial charge is 0.341 e. The largest absolute Gasteiger partial charge is 0.493 e. The number of pyridine rings is 1. The molecule has 1 N–H and O–H groups in total. The molecule has 4 rings (SSSR count). The van der Waals surface area contributed by atoms with Crippen LogP contribution in [0.5, 0.6) is 5.75 Å². The highest BCUT2D eigenvalue weighted by atomic mass is 19.1. The Morgan fingerprint density at radius 2 is 1.89 bits per heavy atom. The number of carboxylic acids is 1. The molecule has 2 aromatic carbocycles. The minimum absolute atomic E-state index is 0.0155. The van der Waals surface area contributed by atoms with Crippen LogP contribution in [0.2, 0.25) is 0 Å². The van der Waals surface area contributed by atoms with Gasteiger partial charge in [-0.2, -0.15) is 0 Å². The number of carboxylic acid groups (broad SMARTS) is 1. The third-order valence-corrected chi connectivity index (χ3v) is 6.18. The number of halogens is 1. The first-order valence-corrected chi connectivity index (χ1v) is 11.9. The number of hydrogen-bond acceptors (Lipinski definition) is 5. The molecule has 0 bridgehead atoms. The van der Waals surface area contributed by atoms with E-state index in [0.717, 1.165) is 22.3 Å². The number of rotatable bonds is 10. The van der Waals surface area contributed by atoms with Crippen LogP contribution in [0.15, 0.2) is 53.5 Å². The molecule has 0 fully saturated rings. The van der Waals surface area contributed by atoms with E-state index >= 15 is 0 Å². The van der Waals surface area contributed by atoms with E-state index in [4.69, 9.17) is 14.2 Å². The predicted octanol–water partition coefficient (Wildman–Crippen LogP) is 4.96. The molecule has 36 heavy (non-hydrogen) atoms. The highest BCUT2D eigenvalue weighted by Gasteiger charge is 2.28. The van der Waals surface area contributed by atoms with E-state index < -0.39 is 11.4 Å². The van der Waals surface area contributed by atoms with Gasteiger partial charge in [0, 0.05) is 56.0 Å². The summed E-state index contributed by atoms with van der Waals surface area (Å²) in [5.41, 5.74) is 3.04. The van der Waals surface area contributed by atoms with E-state index in [0.29, 0.717) is 44.2 Å². The zero-order valence-corrected chi connectivity index (χ0v) is 20.6. The van der Waals surface area contributed by atoms with Crippen molar-refractivity contribution in [3.8, 4) is 28.1 Å². The van der Waals surface area contributed by atoms with Crippen LogP contribution in [0.3, 0.4) is 0 Å². The molecule has 0 amide bonds. The van der Waals surface area contributed by atoms with E-state index in [2.05, 4.69) is 0 Å². The van der Waals surface area contributed by atoms with Crippen molar-refractivity contribution in [2.75, 3.05) is 26.9 Å². The van der Waals surface area contributed by atoms with E-state index in [9.17, 15) is 19.1 Å². The van der Waals surface area contributed by atoms with Gasteiger partial charge < -0.3 is 23.9 Å². The third kappa shape index (κ3) is 5.50. The Balaban J connectivity index is 1.89. The molecule has 1 aliphatic rings. The fraction of sp³-hybridized carbons (Fsp3) is 0.357. The number of carbonyl (C=O) groups is 1. The maximum atomic E-state index is 13.7. The number of fused-ring (bicyclic) bond motifs is 3. The maximum absolute atomic E-state index is 13.7. The molecule has 8 heteroatoms. The number of benzene rings is 2. The van der Waals surface area contributed by atoms with E-state index in [1.165, 1.54) is 24.4 Å². The van der Waals surface area contributed by atoms with Crippen LogP contribution in [0.25, 0.3) is 22.4 Å². The quantitative estimate of drug-likeness (QED) is 0.400. The molecule has 0 saturated carbocycles. The van der Waals surface area contributed by atoms with Gasteiger partial charge >= 0.3 is 5.97 Å². The van der Waals surface area contributed by atoms with Crippen LogP contribution < -0.4 is 10.2 Å². The minimum Gasteiger partial charge on any atom is -0.493 e. The molecule has 1 atom stereocenters. The van der Waals surface area contributed by atoms with Gasteiger partial charge in [-0.1, -0.05) is 12.1 Å². The van der Waals surface area contributed by atoms with Gasteiger partial charge in [-0.15, -0.1) is 0 Å². The summed E-state index contributed by atoms with van der Waals surface area (Å²) in [6, 6.07) is 11.4. The summed E-state index contributed by atoms with van der Waals surface area (Å²) in [4.78, 5) is 24.2. The lowest BCUT2D eigenvalue weighted by Crippen LogP contribution is -2.27. The highest BCUT2D eigenvalue weighted by molar-refractivity contribution is 5.88. The van der Waals surface area contributed by atoms with E-state index in [-0.39, 0.29) is 23.4 Å². The van der Waals surface area contributed by atoms with Gasteiger partial charge in [0.05, 0.1) is 25.0 Å². The average molecular weight is 496 g/mol. The van der Waals surface area contributed by atoms with Gasteiger partial charge in [0.15, 0.2) is 5.43 Å². The Hall–Kier alpha value is -3.49. The van der Waals surface area contributed by atoms with Crippen molar-refractivity contribution in [2.45, 2.75) is 38.8 Å². The number of nitrogens with zero attached hydrogens (tertiary/aromatic N) is 1. The minimum atomic E-state index is -1.26. The van der Waals surface area contributed by atoms with Crippen LogP contribution in [-0.4, -0.2) is 48.7 Å².